The fraction of sp³-hybridized carbons (Fsp3) is 0.693. The number of hydrogen-bond donors (Lipinski definition) is 4. The van der Waals surface area contributed by atoms with Gasteiger partial charge in [0.2, 0.25) is 0 Å². The molecule has 0 spiro atoms. The van der Waals surface area contributed by atoms with Gasteiger partial charge in [0.25, 0.3) is 0 Å². The first-order valence-electron chi connectivity index (χ1n) is 35.8. The third-order valence-corrected chi connectivity index (χ3v) is 16.6. The summed E-state index contributed by atoms with van der Waals surface area (Å²) in [4.78, 5) is 58.4. The van der Waals surface area contributed by atoms with Crippen LogP contribution in [0.25, 0.3) is 0 Å². The number of carbonyl (C=O) groups is 3. The molecule has 0 rings (SSSR count). The predicted molar refractivity (Wildman–Crippen MR) is 380 cm³/mol. The summed E-state index contributed by atoms with van der Waals surface area (Å²) < 4.78 is 60.9. The van der Waals surface area contributed by atoms with Crippen LogP contribution in [0.1, 0.15) is 278 Å². The zero-order valence-electron chi connectivity index (χ0n) is 57.9. The van der Waals surface area contributed by atoms with Crippen LogP contribution in [0.4, 0.5) is 0 Å². The number of aliphatic hydroxyl groups excluding tert-OH is 2. The van der Waals surface area contributed by atoms with Crippen molar-refractivity contribution in [3.05, 3.63) is 122 Å². The average Bonchev–Trinajstić information content (AvgIpc) is 2.77. The Hall–Kier alpha value is -4.05. The third kappa shape index (κ3) is 69.1. The number of rotatable bonds is 67. The lowest BCUT2D eigenvalue weighted by Gasteiger charge is -2.21. The Morgan fingerprint density at radius 1 is 0.312 bits per heavy atom. The van der Waals surface area contributed by atoms with Crippen molar-refractivity contribution in [3.8, 4) is 0 Å². The minimum atomic E-state index is -4.93. The van der Waals surface area contributed by atoms with Gasteiger partial charge in [-0.1, -0.05) is 271 Å². The molecular formula is C75H128O16P2. The molecule has 0 aliphatic rings. The molecule has 5 atom stereocenters. The summed E-state index contributed by atoms with van der Waals surface area (Å²) in [5, 5.41) is 20.6. The number of ether oxygens (including phenoxy) is 3. The summed E-state index contributed by atoms with van der Waals surface area (Å²) in [7, 11) is -9.79. The van der Waals surface area contributed by atoms with Crippen LogP contribution in [-0.2, 0) is 55.8 Å². The minimum absolute atomic E-state index is 0.1000. The summed E-state index contributed by atoms with van der Waals surface area (Å²) >= 11 is 0. The van der Waals surface area contributed by atoms with Gasteiger partial charge in [-0.2, -0.15) is 0 Å². The molecule has 0 aliphatic heterocycles. The number of hydrogen-bond acceptors (Lipinski definition) is 14. The lowest BCUT2D eigenvalue weighted by atomic mass is 10.0. The van der Waals surface area contributed by atoms with Crippen molar-refractivity contribution >= 4 is 33.6 Å². The van der Waals surface area contributed by atoms with Gasteiger partial charge in [-0.15, -0.1) is 0 Å². The van der Waals surface area contributed by atoms with E-state index in [0.29, 0.717) is 19.3 Å². The molecule has 0 aromatic rings. The molecule has 5 unspecified atom stereocenters. The van der Waals surface area contributed by atoms with Gasteiger partial charge < -0.3 is 34.2 Å². The van der Waals surface area contributed by atoms with Crippen LogP contribution in [0.2, 0.25) is 0 Å². The second-order valence-corrected chi connectivity index (χ2v) is 26.5. The maximum absolute atomic E-state index is 12.9. The second kappa shape index (κ2) is 67.9. The fourth-order valence-electron chi connectivity index (χ4n) is 9.27. The smallest absolute Gasteiger partial charge is 0.463 e. The number of carbonyl (C=O) groups excluding carboxylic acids is 3. The Bertz CT molecular complexity index is 2180. The lowest BCUT2D eigenvalue weighted by Crippen LogP contribution is -2.30. The molecule has 4 N–H and O–H groups in total. The summed E-state index contributed by atoms with van der Waals surface area (Å²) in [5.41, 5.74) is 0. The average molecular weight is 1350 g/mol. The molecule has 0 amide bonds. The first-order chi connectivity index (χ1) is 45.2. The molecule has 0 aliphatic carbocycles. The molecule has 0 radical (unpaired) electrons. The van der Waals surface area contributed by atoms with Gasteiger partial charge in [-0.05, 0) is 109 Å². The molecule has 0 heterocycles. The molecule has 0 saturated heterocycles. The van der Waals surface area contributed by atoms with E-state index in [4.69, 9.17) is 32.3 Å². The lowest BCUT2D eigenvalue weighted by molar-refractivity contribution is -0.161. The number of esters is 3. The van der Waals surface area contributed by atoms with Gasteiger partial charge in [-0.3, -0.25) is 32.5 Å². The second-order valence-electron chi connectivity index (χ2n) is 23.6. The SMILES string of the molecule is CC/C=C\C/C=C\C/C=C\C/C=C\C/C=C\C/C=C\CCCCCCCCCCC(=O)OCC(O)COP(=O)(O)OCC(O)COP(=O)(O)OCC(COC(=O)CCCCCC/C=C\C/C=C\C/C=C\C/C=C\CC)OC(=O)CCCCCCCCCCCCCCC. The Kier molecular flexibility index (Phi) is 65.0. The summed E-state index contributed by atoms with van der Waals surface area (Å²) in [5.74, 6) is -1.61. The molecule has 93 heavy (non-hydrogen) atoms. The van der Waals surface area contributed by atoms with E-state index in [9.17, 15) is 43.5 Å². The van der Waals surface area contributed by atoms with Crippen molar-refractivity contribution in [2.45, 2.75) is 296 Å². The maximum Gasteiger partial charge on any atom is 0.472 e. The zero-order chi connectivity index (χ0) is 68.1. The van der Waals surface area contributed by atoms with E-state index in [2.05, 4.69) is 142 Å². The highest BCUT2D eigenvalue weighted by Gasteiger charge is 2.29. The van der Waals surface area contributed by atoms with Crippen LogP contribution in [0.5, 0.6) is 0 Å². The number of unbranched alkanes of at least 4 members (excludes halogenated alkanes) is 24. The van der Waals surface area contributed by atoms with Gasteiger partial charge in [0.1, 0.15) is 25.4 Å². The highest BCUT2D eigenvalue weighted by molar-refractivity contribution is 7.47. The first kappa shape index (κ1) is 89.0. The van der Waals surface area contributed by atoms with Gasteiger partial charge in [-0.25, -0.2) is 9.13 Å². The Balaban J connectivity index is 4.55. The van der Waals surface area contributed by atoms with Crippen LogP contribution in [0.15, 0.2) is 122 Å². The third-order valence-electron chi connectivity index (χ3n) is 14.7. The van der Waals surface area contributed by atoms with E-state index in [1.165, 1.54) is 70.6 Å². The van der Waals surface area contributed by atoms with E-state index in [1.807, 2.05) is 0 Å². The van der Waals surface area contributed by atoms with Crippen molar-refractivity contribution in [2.24, 2.45) is 0 Å². The topological polar surface area (TPSA) is 231 Å². The van der Waals surface area contributed by atoms with Crippen LogP contribution in [0.3, 0.4) is 0 Å². The van der Waals surface area contributed by atoms with Crippen LogP contribution >= 0.6 is 15.6 Å². The van der Waals surface area contributed by atoms with Crippen LogP contribution in [-0.4, -0.2) is 95.9 Å². The molecular weight excluding hydrogens is 1220 g/mol. The number of phosphoric acid groups is 2. The Morgan fingerprint density at radius 3 is 0.903 bits per heavy atom. The van der Waals surface area contributed by atoms with Gasteiger partial charge in [0, 0.05) is 19.3 Å². The fourth-order valence-corrected chi connectivity index (χ4v) is 10.9. The highest BCUT2D eigenvalue weighted by atomic mass is 31.2. The van der Waals surface area contributed by atoms with E-state index >= 15 is 0 Å². The summed E-state index contributed by atoms with van der Waals surface area (Å²) in [6.07, 6.45) is 78.2. The van der Waals surface area contributed by atoms with Crippen molar-refractivity contribution < 1.29 is 75.8 Å². The summed E-state index contributed by atoms with van der Waals surface area (Å²) in [6.45, 7) is 2.41. The quantitative estimate of drug-likeness (QED) is 0.0146. The maximum atomic E-state index is 12.9. The van der Waals surface area contributed by atoms with Crippen LogP contribution in [0, 0.1) is 0 Å². The molecule has 0 aromatic carbocycles. The summed E-state index contributed by atoms with van der Waals surface area (Å²) in [6, 6.07) is 0. The van der Waals surface area contributed by atoms with Crippen molar-refractivity contribution in [3.63, 3.8) is 0 Å². The predicted octanol–water partition coefficient (Wildman–Crippen LogP) is 20.2. The largest absolute Gasteiger partial charge is 0.472 e. The molecule has 18 heteroatoms. The highest BCUT2D eigenvalue weighted by Crippen LogP contribution is 2.45. The number of phosphoric ester groups is 2. The minimum Gasteiger partial charge on any atom is -0.463 e. The molecule has 534 valence electrons. The number of aliphatic hydroxyl groups is 2. The monoisotopic (exact) mass is 1350 g/mol. The van der Waals surface area contributed by atoms with Gasteiger partial charge in [0.15, 0.2) is 6.10 Å². The van der Waals surface area contributed by atoms with Crippen LogP contribution < -0.4 is 0 Å². The standard InChI is InChI=1S/C75H128O16P2/c1-4-7-10-13-16-19-22-25-27-29-30-31-32-33-34-35-36-37-38-40-42-44-46-49-52-55-58-61-73(78)85-64-70(76)65-87-92(81,82)88-66-71(77)67-89-93(83,84)90-69-72(91-75(80)63-60-57-54-51-48-43-24-21-18-15-12-9-6-3)68-86-74(79)62-59-56-53-50-47-45-41-39-28-26-23-20-17-14-11-8-5-2/h7-8,10-11,16-17,19-20,25-28,30-31,33-34,36-37,41,45,70-72,76-77H,4-6,9,12-15,18,21-24,29,32,35,38-40,42-44,46-69H2,1-3H3,(H,81,82)(H,83,84)/b10-7-,11-8-,19-16-,20-17-,27-25-,28-26-,31-30-,34-33-,37-36-,45-41-. The zero-order valence-corrected chi connectivity index (χ0v) is 59.7. The van der Waals surface area contributed by atoms with Gasteiger partial charge in [0.05, 0.1) is 26.4 Å². The van der Waals surface area contributed by atoms with Crippen molar-refractivity contribution in [1.82, 2.24) is 0 Å². The molecule has 0 aromatic heterocycles. The van der Waals surface area contributed by atoms with E-state index in [1.54, 1.807) is 0 Å². The molecule has 0 fully saturated rings. The normalized spacial score (nSPS) is 14.9. The first-order valence-corrected chi connectivity index (χ1v) is 38.8. The molecule has 0 bridgehead atoms. The van der Waals surface area contributed by atoms with E-state index in [-0.39, 0.29) is 19.3 Å². The van der Waals surface area contributed by atoms with Crippen molar-refractivity contribution in [1.29, 1.82) is 0 Å². The molecule has 16 nitrogen and oxygen atoms in total. The van der Waals surface area contributed by atoms with E-state index < -0.39 is 91.5 Å². The molecule has 0 saturated carbocycles. The van der Waals surface area contributed by atoms with E-state index in [0.717, 1.165) is 148 Å². The Morgan fingerprint density at radius 2 is 0.570 bits per heavy atom. The number of allylic oxidation sites excluding steroid dienone is 20. The van der Waals surface area contributed by atoms with Crippen molar-refractivity contribution in [2.75, 3.05) is 39.6 Å². The Labute approximate surface area is 563 Å². The van der Waals surface area contributed by atoms with Gasteiger partial charge >= 0.3 is 33.6 Å².